The van der Waals surface area contributed by atoms with Gasteiger partial charge in [0.05, 0.1) is 16.8 Å². The molecule has 0 saturated carbocycles. The molecule has 3 amide bonds. The zero-order chi connectivity index (χ0) is 29.0. The standard InChI is InChI=1S/C31H27N3O7/c1-16(2)28(31(38)41-15-23(35)32-17-8-7-9-18(14-17)34(39)40)33-29(36)26-24-19-10-3-4-11-20(19)25(27(26)30(33)37)22-13-6-5-12-21(22)24/h3-14,16,24-28H,15H2,1-2H3,(H,32,35)/t24?,25?,26-,27+,28-/m0/s1. The maximum Gasteiger partial charge on any atom is 0.330 e. The van der Waals surface area contributed by atoms with Gasteiger partial charge in [-0.3, -0.25) is 29.4 Å². The van der Waals surface area contributed by atoms with Gasteiger partial charge in [-0.25, -0.2) is 4.79 Å². The number of imide groups is 1. The largest absolute Gasteiger partial charge is 0.454 e. The Morgan fingerprint density at radius 3 is 1.85 bits per heavy atom. The minimum absolute atomic E-state index is 0.171. The number of nitrogens with zero attached hydrogens (tertiary/aromatic N) is 2. The molecule has 1 N–H and O–H groups in total. The van der Waals surface area contributed by atoms with Gasteiger partial charge < -0.3 is 10.1 Å². The monoisotopic (exact) mass is 553 g/mol. The molecule has 0 spiro atoms. The van der Waals surface area contributed by atoms with Crippen LogP contribution in [0.3, 0.4) is 0 Å². The number of hydrogen-bond donors (Lipinski definition) is 1. The molecule has 0 radical (unpaired) electrons. The van der Waals surface area contributed by atoms with Crippen LogP contribution in [0.2, 0.25) is 0 Å². The second kappa shape index (κ2) is 9.96. The van der Waals surface area contributed by atoms with E-state index in [0.717, 1.165) is 27.2 Å². The number of nitro groups is 1. The summed E-state index contributed by atoms with van der Waals surface area (Å²) in [7, 11) is 0. The lowest BCUT2D eigenvalue weighted by Crippen LogP contribution is -2.49. The highest BCUT2D eigenvalue weighted by Crippen LogP contribution is 2.61. The number of rotatable bonds is 7. The minimum atomic E-state index is -1.21. The van der Waals surface area contributed by atoms with E-state index in [1.807, 2.05) is 48.5 Å². The van der Waals surface area contributed by atoms with E-state index in [4.69, 9.17) is 4.74 Å². The second-order valence-corrected chi connectivity index (χ2v) is 11.0. The molecule has 3 aromatic rings. The summed E-state index contributed by atoms with van der Waals surface area (Å²) in [6.07, 6.45) is 0. The van der Waals surface area contributed by atoms with Crippen LogP contribution in [0.1, 0.15) is 47.9 Å². The Bertz CT molecular complexity index is 1500. The lowest BCUT2D eigenvalue weighted by molar-refractivity contribution is -0.384. The second-order valence-electron chi connectivity index (χ2n) is 11.0. The molecule has 1 heterocycles. The first-order valence-electron chi connectivity index (χ1n) is 13.4. The van der Waals surface area contributed by atoms with Crippen LogP contribution >= 0.6 is 0 Å². The van der Waals surface area contributed by atoms with Gasteiger partial charge in [0, 0.05) is 29.7 Å². The third-order valence-corrected chi connectivity index (χ3v) is 8.32. The summed E-state index contributed by atoms with van der Waals surface area (Å²) < 4.78 is 5.30. The van der Waals surface area contributed by atoms with E-state index in [-0.39, 0.29) is 23.2 Å². The van der Waals surface area contributed by atoms with Crippen molar-refractivity contribution in [2.75, 3.05) is 11.9 Å². The van der Waals surface area contributed by atoms with E-state index in [1.165, 1.54) is 24.3 Å². The molecule has 208 valence electrons. The minimum Gasteiger partial charge on any atom is -0.454 e. The lowest BCUT2D eigenvalue weighted by Gasteiger charge is -2.45. The summed E-state index contributed by atoms with van der Waals surface area (Å²) in [5.41, 5.74) is 4.09. The van der Waals surface area contributed by atoms with Crippen molar-refractivity contribution >= 4 is 35.1 Å². The number of nitro benzene ring substituents is 1. The molecule has 10 heteroatoms. The Hall–Kier alpha value is -4.86. The van der Waals surface area contributed by atoms with Gasteiger partial charge in [-0.2, -0.15) is 0 Å². The first kappa shape index (κ1) is 26.4. The van der Waals surface area contributed by atoms with Crippen LogP contribution in [-0.2, 0) is 23.9 Å². The Balaban J connectivity index is 1.24. The van der Waals surface area contributed by atoms with E-state index in [1.54, 1.807) is 13.8 Å². The molecular formula is C31H27N3O7. The number of benzene rings is 3. The Morgan fingerprint density at radius 2 is 1.39 bits per heavy atom. The summed E-state index contributed by atoms with van der Waals surface area (Å²) in [5.74, 6) is -4.74. The van der Waals surface area contributed by atoms with Crippen LogP contribution in [0.4, 0.5) is 11.4 Å². The number of esters is 1. The molecule has 41 heavy (non-hydrogen) atoms. The average molecular weight is 554 g/mol. The fraction of sp³-hybridized carbons (Fsp3) is 0.290. The van der Waals surface area contributed by atoms with E-state index < -0.39 is 59.0 Å². The molecule has 1 fully saturated rings. The highest BCUT2D eigenvalue weighted by molar-refractivity contribution is 6.10. The van der Waals surface area contributed by atoms with Gasteiger partial charge in [0.2, 0.25) is 11.8 Å². The molecule has 0 aromatic heterocycles. The summed E-state index contributed by atoms with van der Waals surface area (Å²) >= 11 is 0. The third kappa shape index (κ3) is 4.18. The molecule has 3 atom stereocenters. The smallest absolute Gasteiger partial charge is 0.330 e. The summed E-state index contributed by atoms with van der Waals surface area (Å²) in [6.45, 7) is 2.75. The van der Waals surface area contributed by atoms with Gasteiger partial charge in [0.1, 0.15) is 6.04 Å². The van der Waals surface area contributed by atoms with Gasteiger partial charge in [-0.1, -0.05) is 68.4 Å². The number of likely N-dealkylation sites (tertiary alicyclic amines) is 1. The number of hydrogen-bond acceptors (Lipinski definition) is 7. The first-order valence-corrected chi connectivity index (χ1v) is 13.4. The van der Waals surface area contributed by atoms with Crippen molar-refractivity contribution < 1.29 is 28.8 Å². The van der Waals surface area contributed by atoms with Crippen molar-refractivity contribution in [3.63, 3.8) is 0 Å². The Morgan fingerprint density at radius 1 is 0.878 bits per heavy atom. The predicted molar refractivity (Wildman–Crippen MR) is 147 cm³/mol. The molecule has 1 saturated heterocycles. The number of non-ortho nitro benzene ring substituents is 1. The van der Waals surface area contributed by atoms with Gasteiger partial charge in [-0.05, 0) is 34.2 Å². The van der Waals surface area contributed by atoms with Gasteiger partial charge in [0.15, 0.2) is 6.61 Å². The number of amides is 3. The van der Waals surface area contributed by atoms with E-state index in [0.29, 0.717) is 0 Å². The number of ether oxygens (including phenoxy) is 1. The van der Waals surface area contributed by atoms with Crippen molar-refractivity contribution in [3.8, 4) is 0 Å². The van der Waals surface area contributed by atoms with Crippen molar-refractivity contribution in [1.29, 1.82) is 0 Å². The van der Waals surface area contributed by atoms with Gasteiger partial charge >= 0.3 is 5.97 Å². The lowest BCUT2D eigenvalue weighted by atomic mass is 9.55. The summed E-state index contributed by atoms with van der Waals surface area (Å²) in [5, 5.41) is 13.5. The number of carbonyl (C=O) groups excluding carboxylic acids is 4. The number of anilines is 1. The number of carbonyl (C=O) groups is 4. The molecule has 10 nitrogen and oxygen atoms in total. The average Bonchev–Trinajstić information content (AvgIpc) is 3.22. The van der Waals surface area contributed by atoms with Crippen molar-refractivity contribution in [2.45, 2.75) is 31.7 Å². The molecule has 7 rings (SSSR count). The van der Waals surface area contributed by atoms with Crippen LogP contribution < -0.4 is 5.32 Å². The quantitative estimate of drug-likeness (QED) is 0.202. The van der Waals surface area contributed by atoms with Crippen LogP contribution in [0.5, 0.6) is 0 Å². The highest BCUT2D eigenvalue weighted by Gasteiger charge is 2.63. The van der Waals surface area contributed by atoms with E-state index >= 15 is 0 Å². The maximum absolute atomic E-state index is 14.0. The van der Waals surface area contributed by atoms with Crippen LogP contribution in [-0.4, -0.2) is 46.2 Å². The number of nitrogens with one attached hydrogen (secondary N) is 1. The van der Waals surface area contributed by atoms with E-state index in [9.17, 15) is 29.3 Å². The van der Waals surface area contributed by atoms with Crippen molar-refractivity contribution in [3.05, 3.63) is 105 Å². The topological polar surface area (TPSA) is 136 Å². The first-order chi connectivity index (χ1) is 19.7. The summed E-state index contributed by atoms with van der Waals surface area (Å²) in [4.78, 5) is 65.4. The van der Waals surface area contributed by atoms with Crippen LogP contribution in [0, 0.1) is 27.9 Å². The SMILES string of the molecule is CC(C)[C@@H](C(=O)OCC(=O)Nc1cccc([N+](=O)[O-])c1)N1C(=O)[C@@H]2C3c4ccccc4C(c4ccccc43)[C@@H]2C1=O. The molecule has 0 unspecified atom stereocenters. The molecule has 1 aliphatic heterocycles. The fourth-order valence-electron chi connectivity index (χ4n) is 6.77. The fourth-order valence-corrected chi connectivity index (χ4v) is 6.77. The highest BCUT2D eigenvalue weighted by atomic mass is 16.6. The van der Waals surface area contributed by atoms with E-state index in [2.05, 4.69) is 5.32 Å². The zero-order valence-corrected chi connectivity index (χ0v) is 22.4. The maximum atomic E-state index is 14.0. The molecule has 3 aliphatic carbocycles. The predicted octanol–water partition coefficient (Wildman–Crippen LogP) is 3.99. The molecule has 4 aliphatic rings. The summed E-state index contributed by atoms with van der Waals surface area (Å²) in [6, 6.07) is 19.9. The molecular weight excluding hydrogens is 526 g/mol. The molecule has 2 bridgehead atoms. The van der Waals surface area contributed by atoms with Crippen LogP contribution in [0.15, 0.2) is 72.8 Å². The Labute approximate surface area is 235 Å². The van der Waals surface area contributed by atoms with Gasteiger partial charge in [0.25, 0.3) is 11.6 Å². The van der Waals surface area contributed by atoms with Crippen molar-refractivity contribution in [2.24, 2.45) is 17.8 Å². The molecule has 3 aromatic carbocycles. The van der Waals surface area contributed by atoms with Gasteiger partial charge in [-0.15, -0.1) is 0 Å². The zero-order valence-electron chi connectivity index (χ0n) is 22.4. The Kier molecular flexibility index (Phi) is 6.40. The third-order valence-electron chi connectivity index (χ3n) is 8.32. The van der Waals surface area contributed by atoms with Crippen molar-refractivity contribution in [1.82, 2.24) is 4.90 Å². The van der Waals surface area contributed by atoms with Crippen LogP contribution in [0.25, 0.3) is 0 Å². The normalized spacial score (nSPS) is 22.6.